The Labute approximate surface area is 165 Å². The summed E-state index contributed by atoms with van der Waals surface area (Å²) in [5.74, 6) is -0.362. The monoisotopic (exact) mass is 397 g/mol. The number of aromatic nitrogens is 2. The molecule has 9 heteroatoms. The normalized spacial score (nSPS) is 23.6. The van der Waals surface area contributed by atoms with Gasteiger partial charge in [0.1, 0.15) is 17.1 Å². The second-order valence-corrected chi connectivity index (χ2v) is 8.51. The lowest BCUT2D eigenvalue weighted by atomic mass is 9.76. The Balaban J connectivity index is 1.33. The van der Waals surface area contributed by atoms with Crippen LogP contribution in [-0.4, -0.2) is 39.5 Å². The van der Waals surface area contributed by atoms with E-state index in [1.54, 1.807) is 0 Å². The average Bonchev–Trinajstić information content (AvgIpc) is 3.40. The molecule has 3 aliphatic rings. The molecule has 2 N–H and O–H groups in total. The van der Waals surface area contributed by atoms with Crippen LogP contribution in [0.3, 0.4) is 0 Å². The fourth-order valence-corrected chi connectivity index (χ4v) is 4.97. The minimum absolute atomic E-state index is 0.340. The molecule has 2 aromatic rings. The van der Waals surface area contributed by atoms with Gasteiger partial charge >= 0.3 is 6.03 Å². The summed E-state index contributed by atoms with van der Waals surface area (Å²) in [5.41, 5.74) is 0.838. The van der Waals surface area contributed by atoms with Crippen LogP contribution >= 0.6 is 11.3 Å². The number of hydrogen-bond acceptors (Lipinski definition) is 6. The lowest BCUT2D eigenvalue weighted by Gasteiger charge is -2.33. The molecule has 4 amide bonds. The van der Waals surface area contributed by atoms with Crippen molar-refractivity contribution < 1.29 is 14.4 Å². The quantitative estimate of drug-likeness (QED) is 0.769. The number of amides is 4. The van der Waals surface area contributed by atoms with Gasteiger partial charge in [-0.05, 0) is 43.2 Å². The van der Waals surface area contributed by atoms with E-state index in [4.69, 9.17) is 0 Å². The van der Waals surface area contributed by atoms with Gasteiger partial charge in [-0.3, -0.25) is 19.8 Å². The highest BCUT2D eigenvalue weighted by Gasteiger charge is 2.54. The molecule has 1 atom stereocenters. The van der Waals surface area contributed by atoms with Gasteiger partial charge < -0.3 is 5.32 Å². The fraction of sp³-hybridized carbons (Fsp3) is 0.421. The number of nitrogens with one attached hydrogen (secondary N) is 2. The predicted octanol–water partition coefficient (Wildman–Crippen LogP) is 2.14. The van der Waals surface area contributed by atoms with E-state index in [1.165, 1.54) is 11.3 Å². The number of benzene rings is 1. The molecule has 1 saturated carbocycles. The van der Waals surface area contributed by atoms with Crippen LogP contribution in [0.15, 0.2) is 24.3 Å². The molecule has 144 valence electrons. The highest BCUT2D eigenvalue weighted by Crippen LogP contribution is 2.42. The summed E-state index contributed by atoms with van der Waals surface area (Å²) in [6.07, 6.45) is 4.43. The van der Waals surface area contributed by atoms with E-state index in [0.29, 0.717) is 17.5 Å². The van der Waals surface area contributed by atoms with Gasteiger partial charge in [-0.1, -0.05) is 35.6 Å². The van der Waals surface area contributed by atoms with Crippen LogP contribution in [0.25, 0.3) is 0 Å². The third kappa shape index (κ3) is 2.77. The zero-order valence-corrected chi connectivity index (χ0v) is 15.9. The molecule has 0 bridgehead atoms. The number of nitrogens with zero attached hydrogens (tertiary/aromatic N) is 3. The summed E-state index contributed by atoms with van der Waals surface area (Å²) in [6, 6.07) is 7.14. The first kappa shape index (κ1) is 17.3. The molecule has 2 fully saturated rings. The first-order valence-corrected chi connectivity index (χ1v) is 10.2. The van der Waals surface area contributed by atoms with E-state index in [1.807, 2.05) is 24.3 Å². The second kappa shape index (κ2) is 6.37. The molecule has 2 aliphatic carbocycles. The molecule has 28 heavy (non-hydrogen) atoms. The maximum Gasteiger partial charge on any atom is 0.325 e. The Morgan fingerprint density at radius 3 is 2.93 bits per heavy atom. The van der Waals surface area contributed by atoms with Gasteiger partial charge in [-0.15, -0.1) is 10.2 Å². The van der Waals surface area contributed by atoms with Crippen molar-refractivity contribution in [2.45, 2.75) is 43.6 Å². The van der Waals surface area contributed by atoms with Crippen LogP contribution in [-0.2, 0) is 21.5 Å². The first-order chi connectivity index (χ1) is 13.6. The van der Waals surface area contributed by atoms with Crippen LogP contribution in [0.2, 0.25) is 0 Å². The number of imide groups is 1. The summed E-state index contributed by atoms with van der Waals surface area (Å²) in [4.78, 5) is 39.2. The van der Waals surface area contributed by atoms with Crippen LogP contribution in [0, 0.1) is 0 Å². The van der Waals surface area contributed by atoms with Gasteiger partial charge in [0.15, 0.2) is 0 Å². The number of aryl methyl sites for hydroxylation is 1. The van der Waals surface area contributed by atoms with E-state index in [2.05, 4.69) is 20.8 Å². The molecule has 1 spiro atoms. The van der Waals surface area contributed by atoms with Crippen molar-refractivity contribution in [1.82, 2.24) is 20.4 Å². The molecule has 2 heterocycles. The van der Waals surface area contributed by atoms with Crippen molar-refractivity contribution in [1.29, 1.82) is 0 Å². The molecular weight excluding hydrogens is 378 g/mol. The predicted molar refractivity (Wildman–Crippen MR) is 102 cm³/mol. The molecule has 5 rings (SSSR count). The van der Waals surface area contributed by atoms with Gasteiger partial charge in [0.05, 0.1) is 0 Å². The SMILES string of the molecule is O=C(CN1C(=O)N[C@@]2(CCCc3ccccc32)C1=O)Nc1nnc(C2CC2)s1. The maximum atomic E-state index is 13.2. The van der Waals surface area contributed by atoms with Crippen molar-refractivity contribution in [3.05, 3.63) is 40.4 Å². The smallest absolute Gasteiger partial charge is 0.319 e. The van der Waals surface area contributed by atoms with E-state index < -0.39 is 17.5 Å². The number of urea groups is 1. The second-order valence-electron chi connectivity index (χ2n) is 7.51. The van der Waals surface area contributed by atoms with Crippen LogP contribution in [0.5, 0.6) is 0 Å². The molecule has 0 unspecified atom stereocenters. The van der Waals surface area contributed by atoms with Crippen molar-refractivity contribution >= 4 is 34.3 Å². The van der Waals surface area contributed by atoms with Crippen molar-refractivity contribution in [2.75, 3.05) is 11.9 Å². The van der Waals surface area contributed by atoms with Crippen molar-refractivity contribution in [3.63, 3.8) is 0 Å². The minimum atomic E-state index is -1.06. The van der Waals surface area contributed by atoms with Gasteiger partial charge in [-0.25, -0.2) is 4.79 Å². The number of anilines is 1. The Hall–Kier alpha value is -2.81. The van der Waals surface area contributed by atoms with E-state index in [9.17, 15) is 14.4 Å². The number of carbonyl (C=O) groups excluding carboxylic acids is 3. The molecule has 1 aromatic heterocycles. The van der Waals surface area contributed by atoms with Gasteiger partial charge in [0.2, 0.25) is 11.0 Å². The van der Waals surface area contributed by atoms with Crippen molar-refractivity contribution in [3.8, 4) is 0 Å². The molecule has 1 aliphatic heterocycles. The molecule has 0 radical (unpaired) electrons. The van der Waals surface area contributed by atoms with E-state index >= 15 is 0 Å². The van der Waals surface area contributed by atoms with Crippen molar-refractivity contribution in [2.24, 2.45) is 0 Å². The summed E-state index contributed by atoms with van der Waals surface area (Å²) < 4.78 is 0. The zero-order chi connectivity index (χ0) is 19.3. The van der Waals surface area contributed by atoms with E-state index in [0.717, 1.165) is 46.7 Å². The third-order valence-corrected chi connectivity index (χ3v) is 6.57. The Morgan fingerprint density at radius 1 is 1.29 bits per heavy atom. The van der Waals surface area contributed by atoms with E-state index in [-0.39, 0.29) is 12.5 Å². The molecular formula is C19H19N5O3S. The van der Waals surface area contributed by atoms with Gasteiger partial charge in [-0.2, -0.15) is 0 Å². The lowest BCUT2D eigenvalue weighted by molar-refractivity contribution is -0.134. The molecule has 1 saturated heterocycles. The first-order valence-electron chi connectivity index (χ1n) is 9.42. The van der Waals surface area contributed by atoms with Crippen LogP contribution in [0.1, 0.15) is 47.7 Å². The number of rotatable bonds is 4. The maximum absolute atomic E-state index is 13.2. The molecule has 1 aromatic carbocycles. The highest BCUT2D eigenvalue weighted by atomic mass is 32.1. The topological polar surface area (TPSA) is 104 Å². The number of carbonyl (C=O) groups is 3. The Morgan fingerprint density at radius 2 is 2.11 bits per heavy atom. The highest BCUT2D eigenvalue weighted by molar-refractivity contribution is 7.15. The summed E-state index contributed by atoms with van der Waals surface area (Å²) in [6.45, 7) is -0.340. The van der Waals surface area contributed by atoms with Gasteiger partial charge in [0.25, 0.3) is 5.91 Å². The zero-order valence-electron chi connectivity index (χ0n) is 15.1. The van der Waals surface area contributed by atoms with Gasteiger partial charge in [0, 0.05) is 5.92 Å². The summed E-state index contributed by atoms with van der Waals surface area (Å²) in [5, 5.41) is 14.9. The minimum Gasteiger partial charge on any atom is -0.319 e. The third-order valence-electron chi connectivity index (χ3n) is 5.57. The Bertz CT molecular complexity index is 985. The number of fused-ring (bicyclic) bond motifs is 2. The summed E-state index contributed by atoms with van der Waals surface area (Å²) >= 11 is 1.35. The number of hydrogen-bond donors (Lipinski definition) is 2. The largest absolute Gasteiger partial charge is 0.325 e. The standard InChI is InChI=1S/C19H19N5O3S/c25-14(20-17-23-22-15(28-17)12-7-8-12)10-24-16(26)19(21-18(24)27)9-3-5-11-4-1-2-6-13(11)19/h1-2,4,6,12H,3,5,7-10H2,(H,21,27)(H,20,23,25)/t19-/m1/s1. The van der Waals surface area contributed by atoms with Crippen LogP contribution < -0.4 is 10.6 Å². The summed E-state index contributed by atoms with van der Waals surface area (Å²) in [7, 11) is 0. The average molecular weight is 397 g/mol. The fourth-order valence-electron chi connectivity index (χ4n) is 4.04. The molecule has 8 nitrogen and oxygen atoms in total. The Kier molecular flexibility index (Phi) is 3.94. The lowest BCUT2D eigenvalue weighted by Crippen LogP contribution is -2.47. The van der Waals surface area contributed by atoms with Crippen LogP contribution in [0.4, 0.5) is 9.93 Å².